The van der Waals surface area contributed by atoms with Crippen LogP contribution in [0.3, 0.4) is 0 Å². The summed E-state index contributed by atoms with van der Waals surface area (Å²) >= 11 is 0. The number of carbonyl (C=O) groups excluding carboxylic acids is 2. The lowest BCUT2D eigenvalue weighted by Crippen LogP contribution is -2.48. The average Bonchev–Trinajstić information content (AvgIpc) is 2.58. The molecule has 0 aromatic rings. The van der Waals surface area contributed by atoms with Crippen molar-refractivity contribution in [3.8, 4) is 0 Å². The van der Waals surface area contributed by atoms with Crippen LogP contribution in [-0.2, 0) is 9.59 Å². The highest BCUT2D eigenvalue weighted by Gasteiger charge is 2.23. The first-order valence-electron chi connectivity index (χ1n) is 8.05. The van der Waals surface area contributed by atoms with E-state index in [4.69, 9.17) is 0 Å². The number of amides is 2. The number of nitrogens with zero attached hydrogens (tertiary/aromatic N) is 1. The second-order valence-corrected chi connectivity index (χ2v) is 5.95. The highest BCUT2D eigenvalue weighted by molar-refractivity contribution is 5.88. The largest absolute Gasteiger partial charge is 0.354 e. The Balaban J connectivity index is 1.76. The van der Waals surface area contributed by atoms with Gasteiger partial charge in [-0.25, -0.2) is 0 Å². The number of nitrogens with one attached hydrogen (secondary N) is 2. The van der Waals surface area contributed by atoms with E-state index < -0.39 is 0 Å². The van der Waals surface area contributed by atoms with Gasteiger partial charge in [0.2, 0.25) is 11.8 Å². The Morgan fingerprint density at radius 3 is 2.55 bits per heavy atom. The highest BCUT2D eigenvalue weighted by atomic mass is 16.2. The summed E-state index contributed by atoms with van der Waals surface area (Å²) in [7, 11) is 0. The van der Waals surface area contributed by atoms with Crippen LogP contribution in [0.15, 0.2) is 0 Å². The van der Waals surface area contributed by atoms with Crippen molar-refractivity contribution in [3.63, 3.8) is 0 Å². The molecule has 0 spiro atoms. The molecule has 114 valence electrons. The minimum Gasteiger partial charge on any atom is -0.354 e. The van der Waals surface area contributed by atoms with Crippen LogP contribution >= 0.6 is 0 Å². The third-order valence-corrected chi connectivity index (χ3v) is 4.19. The summed E-state index contributed by atoms with van der Waals surface area (Å²) in [4.78, 5) is 26.1. The molecule has 2 fully saturated rings. The molecule has 2 rings (SSSR count). The van der Waals surface area contributed by atoms with Crippen molar-refractivity contribution >= 4 is 11.8 Å². The quantitative estimate of drug-likeness (QED) is 0.812. The predicted octanol–water partition coefficient (Wildman–Crippen LogP) is 1.04. The molecule has 2 heterocycles. The second-order valence-electron chi connectivity index (χ2n) is 5.95. The molecule has 0 aromatic heterocycles. The zero-order valence-corrected chi connectivity index (χ0v) is 12.3. The third kappa shape index (κ3) is 5.12. The Morgan fingerprint density at radius 1 is 1.10 bits per heavy atom. The number of carbonyl (C=O) groups is 2. The van der Waals surface area contributed by atoms with Gasteiger partial charge in [0, 0.05) is 6.54 Å². The molecule has 5 nitrogen and oxygen atoms in total. The van der Waals surface area contributed by atoms with Crippen molar-refractivity contribution in [3.05, 3.63) is 0 Å². The van der Waals surface area contributed by atoms with Crippen LogP contribution in [0, 0.1) is 0 Å². The van der Waals surface area contributed by atoms with Gasteiger partial charge in [0.15, 0.2) is 0 Å². The normalized spacial score (nSPS) is 26.0. The molecule has 2 N–H and O–H groups in total. The molecule has 2 aliphatic rings. The summed E-state index contributed by atoms with van der Waals surface area (Å²) in [5.74, 6) is -0.0314. The summed E-state index contributed by atoms with van der Waals surface area (Å²) < 4.78 is 0. The molecule has 0 bridgehead atoms. The molecule has 0 aromatic carbocycles. The predicted molar refractivity (Wildman–Crippen MR) is 78.3 cm³/mol. The molecule has 1 unspecified atom stereocenters. The van der Waals surface area contributed by atoms with E-state index in [1.807, 2.05) is 0 Å². The summed E-state index contributed by atoms with van der Waals surface area (Å²) in [5, 5.41) is 5.75. The standard InChI is InChI=1S/C15H27N3O2/c19-14(12-18-10-6-2-1-3-7-11-18)17-13-8-4-5-9-16-15(13)20/h13H,1-12H2,(H,16,20)(H,17,19). The topological polar surface area (TPSA) is 61.4 Å². The van der Waals surface area contributed by atoms with E-state index in [9.17, 15) is 9.59 Å². The van der Waals surface area contributed by atoms with Crippen LogP contribution in [0.5, 0.6) is 0 Å². The number of rotatable bonds is 3. The van der Waals surface area contributed by atoms with E-state index in [2.05, 4.69) is 15.5 Å². The van der Waals surface area contributed by atoms with E-state index in [1.54, 1.807) is 0 Å². The van der Waals surface area contributed by atoms with Crippen LogP contribution in [0.4, 0.5) is 0 Å². The van der Waals surface area contributed by atoms with E-state index in [0.717, 1.165) is 38.9 Å². The first kappa shape index (κ1) is 15.3. The van der Waals surface area contributed by atoms with Gasteiger partial charge in [-0.2, -0.15) is 0 Å². The fraction of sp³-hybridized carbons (Fsp3) is 0.867. The van der Waals surface area contributed by atoms with Gasteiger partial charge in [-0.1, -0.05) is 19.3 Å². The summed E-state index contributed by atoms with van der Waals surface area (Å²) in [6.07, 6.45) is 8.97. The van der Waals surface area contributed by atoms with Gasteiger partial charge in [0.1, 0.15) is 6.04 Å². The molecule has 2 amide bonds. The van der Waals surface area contributed by atoms with E-state index >= 15 is 0 Å². The fourth-order valence-corrected chi connectivity index (χ4v) is 2.99. The minimum atomic E-state index is -0.334. The number of hydrogen-bond acceptors (Lipinski definition) is 3. The van der Waals surface area contributed by atoms with Gasteiger partial charge in [0.25, 0.3) is 0 Å². The summed E-state index contributed by atoms with van der Waals surface area (Å²) in [5.41, 5.74) is 0. The van der Waals surface area contributed by atoms with Crippen molar-refractivity contribution in [2.45, 2.75) is 57.4 Å². The third-order valence-electron chi connectivity index (χ3n) is 4.19. The van der Waals surface area contributed by atoms with Crippen molar-refractivity contribution in [2.24, 2.45) is 0 Å². The Labute approximate surface area is 121 Å². The molecule has 20 heavy (non-hydrogen) atoms. The van der Waals surface area contributed by atoms with Crippen LogP contribution in [0.2, 0.25) is 0 Å². The van der Waals surface area contributed by atoms with Gasteiger partial charge in [-0.15, -0.1) is 0 Å². The highest BCUT2D eigenvalue weighted by Crippen LogP contribution is 2.10. The minimum absolute atomic E-state index is 0.00683. The summed E-state index contributed by atoms with van der Waals surface area (Å²) in [6.45, 7) is 3.18. The Bertz CT molecular complexity index is 325. The molecule has 2 aliphatic heterocycles. The Kier molecular flexibility index (Phi) is 6.30. The number of likely N-dealkylation sites (tertiary alicyclic amines) is 1. The molecular weight excluding hydrogens is 254 g/mol. The van der Waals surface area contributed by atoms with Crippen molar-refractivity contribution in [2.75, 3.05) is 26.2 Å². The van der Waals surface area contributed by atoms with E-state index in [1.165, 1.54) is 32.1 Å². The van der Waals surface area contributed by atoms with Gasteiger partial charge in [-0.3, -0.25) is 14.5 Å². The monoisotopic (exact) mass is 281 g/mol. The van der Waals surface area contributed by atoms with Crippen LogP contribution in [0.1, 0.15) is 51.4 Å². The lowest BCUT2D eigenvalue weighted by Gasteiger charge is -2.25. The van der Waals surface area contributed by atoms with Gasteiger partial charge >= 0.3 is 0 Å². The average molecular weight is 281 g/mol. The van der Waals surface area contributed by atoms with Gasteiger partial charge < -0.3 is 10.6 Å². The fourth-order valence-electron chi connectivity index (χ4n) is 2.99. The molecule has 0 radical (unpaired) electrons. The first-order chi connectivity index (χ1) is 9.75. The van der Waals surface area contributed by atoms with Crippen LogP contribution < -0.4 is 10.6 Å². The smallest absolute Gasteiger partial charge is 0.242 e. The molecule has 2 saturated heterocycles. The molecule has 0 aliphatic carbocycles. The summed E-state index contributed by atoms with van der Waals surface area (Å²) in [6, 6.07) is -0.334. The lowest BCUT2D eigenvalue weighted by molar-refractivity contribution is -0.129. The molecule has 5 heteroatoms. The van der Waals surface area contributed by atoms with Gasteiger partial charge in [0.05, 0.1) is 6.54 Å². The molecule has 1 atom stereocenters. The SMILES string of the molecule is O=C(CN1CCCCCCC1)NC1CCCCNC1=O. The van der Waals surface area contributed by atoms with Gasteiger partial charge in [-0.05, 0) is 45.2 Å². The zero-order chi connectivity index (χ0) is 14.2. The Morgan fingerprint density at radius 2 is 1.80 bits per heavy atom. The zero-order valence-electron chi connectivity index (χ0n) is 12.3. The maximum absolute atomic E-state index is 12.1. The van der Waals surface area contributed by atoms with E-state index in [0.29, 0.717) is 6.54 Å². The van der Waals surface area contributed by atoms with Crippen molar-refractivity contribution < 1.29 is 9.59 Å². The Hall–Kier alpha value is -1.10. The number of hydrogen-bond donors (Lipinski definition) is 2. The molecule has 0 saturated carbocycles. The van der Waals surface area contributed by atoms with Crippen molar-refractivity contribution in [1.82, 2.24) is 15.5 Å². The maximum Gasteiger partial charge on any atom is 0.242 e. The van der Waals surface area contributed by atoms with Crippen LogP contribution in [-0.4, -0.2) is 48.9 Å². The van der Waals surface area contributed by atoms with E-state index in [-0.39, 0.29) is 17.9 Å². The first-order valence-corrected chi connectivity index (χ1v) is 8.05. The maximum atomic E-state index is 12.1. The lowest BCUT2D eigenvalue weighted by atomic mass is 10.1. The van der Waals surface area contributed by atoms with Crippen LogP contribution in [0.25, 0.3) is 0 Å². The second kappa shape index (κ2) is 8.25. The van der Waals surface area contributed by atoms with Crippen molar-refractivity contribution in [1.29, 1.82) is 0 Å². The molecular formula is C15H27N3O2.